The first-order valence-electron chi connectivity index (χ1n) is 7.04. The Morgan fingerprint density at radius 2 is 1.83 bits per heavy atom. The number of nitrogens with zero attached hydrogens (tertiary/aromatic N) is 2. The van der Waals surface area contributed by atoms with E-state index in [9.17, 15) is 15.2 Å². The summed E-state index contributed by atoms with van der Waals surface area (Å²) >= 11 is 0. The Kier molecular flexibility index (Phi) is 3.89. The van der Waals surface area contributed by atoms with Gasteiger partial charge in [-0.1, -0.05) is 42.5 Å². The minimum atomic E-state index is -0.342. The van der Waals surface area contributed by atoms with Crippen LogP contribution in [0.3, 0.4) is 0 Å². The molecular formula is C18H13N3O2. The van der Waals surface area contributed by atoms with Crippen molar-refractivity contribution in [3.63, 3.8) is 0 Å². The maximum absolute atomic E-state index is 12.1. The number of hydrogen-bond donors (Lipinski definition) is 2. The van der Waals surface area contributed by atoms with Crippen LogP contribution in [-0.2, 0) is 6.42 Å². The lowest BCUT2D eigenvalue weighted by molar-refractivity contribution is 0.402. The molecule has 0 fully saturated rings. The summed E-state index contributed by atoms with van der Waals surface area (Å²) in [5, 5.41) is 20.1. The summed E-state index contributed by atoms with van der Waals surface area (Å²) < 4.78 is 0. The molecule has 3 aromatic rings. The third-order valence-corrected chi connectivity index (χ3v) is 3.46. The first kappa shape index (κ1) is 14.5. The van der Waals surface area contributed by atoms with Gasteiger partial charge in [-0.15, -0.1) is 0 Å². The SMILES string of the molecule is N#C/C(=C(/O)Cc1ccccc1)c1nc2ccccc2c(=O)[nH]1. The molecule has 0 aliphatic heterocycles. The van der Waals surface area contributed by atoms with Crippen LogP contribution >= 0.6 is 0 Å². The number of benzene rings is 2. The number of aromatic amines is 1. The number of allylic oxidation sites excluding steroid dienone is 2. The van der Waals surface area contributed by atoms with Gasteiger partial charge in [0.25, 0.3) is 5.56 Å². The Bertz CT molecular complexity index is 982. The van der Waals surface area contributed by atoms with Crippen LogP contribution in [0.1, 0.15) is 11.4 Å². The number of H-pyrrole nitrogens is 1. The topological polar surface area (TPSA) is 89.8 Å². The molecule has 3 rings (SSSR count). The van der Waals surface area contributed by atoms with Crippen molar-refractivity contribution in [1.29, 1.82) is 5.26 Å². The number of rotatable bonds is 3. The number of hydrogen-bond acceptors (Lipinski definition) is 4. The molecule has 0 saturated carbocycles. The first-order valence-corrected chi connectivity index (χ1v) is 7.04. The summed E-state index contributed by atoms with van der Waals surface area (Å²) in [5.74, 6) is -0.0539. The molecule has 0 aliphatic carbocycles. The predicted octanol–water partition coefficient (Wildman–Crippen LogP) is 2.96. The van der Waals surface area contributed by atoms with Crippen molar-refractivity contribution >= 4 is 16.5 Å². The second kappa shape index (κ2) is 6.16. The minimum absolute atomic E-state index is 0.0308. The van der Waals surface area contributed by atoms with Crippen LogP contribution in [0.5, 0.6) is 0 Å². The van der Waals surface area contributed by atoms with Crippen LogP contribution in [0.15, 0.2) is 65.2 Å². The number of nitrogens with one attached hydrogen (secondary N) is 1. The molecule has 0 bridgehead atoms. The lowest BCUT2D eigenvalue weighted by atomic mass is 10.1. The maximum Gasteiger partial charge on any atom is 0.259 e. The first-order chi connectivity index (χ1) is 11.2. The maximum atomic E-state index is 12.1. The van der Waals surface area contributed by atoms with Gasteiger partial charge in [-0.25, -0.2) is 4.98 Å². The highest BCUT2D eigenvalue weighted by Gasteiger charge is 2.13. The molecule has 0 unspecified atom stereocenters. The standard InChI is InChI=1S/C18H13N3O2/c19-11-14(16(22)10-12-6-2-1-3-7-12)17-20-15-9-5-4-8-13(15)18(23)21-17/h1-9,22H,10H2,(H,20,21,23)/b16-14-. The Morgan fingerprint density at radius 3 is 2.57 bits per heavy atom. The average Bonchev–Trinajstić information content (AvgIpc) is 2.56. The van der Waals surface area contributed by atoms with E-state index >= 15 is 0 Å². The highest BCUT2D eigenvalue weighted by Crippen LogP contribution is 2.17. The molecule has 0 amide bonds. The molecule has 2 N–H and O–H groups in total. The molecule has 1 aromatic heterocycles. The molecule has 112 valence electrons. The van der Waals surface area contributed by atoms with Gasteiger partial charge in [0.05, 0.1) is 10.9 Å². The molecule has 0 aliphatic rings. The zero-order chi connectivity index (χ0) is 16.2. The zero-order valence-electron chi connectivity index (χ0n) is 12.2. The van der Waals surface area contributed by atoms with Crippen LogP contribution in [0.2, 0.25) is 0 Å². The van der Waals surface area contributed by atoms with Gasteiger partial charge < -0.3 is 10.1 Å². The summed E-state index contributed by atoms with van der Waals surface area (Å²) in [6.45, 7) is 0. The Hall–Kier alpha value is -3.39. The third kappa shape index (κ3) is 2.97. The van der Waals surface area contributed by atoms with Gasteiger partial charge in [-0.3, -0.25) is 4.79 Å². The Balaban J connectivity index is 2.09. The molecule has 0 atom stereocenters. The van der Waals surface area contributed by atoms with Gasteiger partial charge in [0.1, 0.15) is 17.4 Å². The van der Waals surface area contributed by atoms with Crippen molar-refractivity contribution < 1.29 is 5.11 Å². The molecule has 5 nitrogen and oxygen atoms in total. The van der Waals surface area contributed by atoms with Crippen molar-refractivity contribution in [1.82, 2.24) is 9.97 Å². The molecule has 2 aromatic carbocycles. The van der Waals surface area contributed by atoms with Crippen molar-refractivity contribution in [2.45, 2.75) is 6.42 Å². The number of nitriles is 1. The number of fused-ring (bicyclic) bond motifs is 1. The van der Waals surface area contributed by atoms with Crippen LogP contribution in [0.4, 0.5) is 0 Å². The summed E-state index contributed by atoms with van der Waals surface area (Å²) in [4.78, 5) is 18.9. The average molecular weight is 303 g/mol. The molecule has 1 heterocycles. The van der Waals surface area contributed by atoms with E-state index in [4.69, 9.17) is 0 Å². The van der Waals surface area contributed by atoms with E-state index in [2.05, 4.69) is 9.97 Å². The number of aliphatic hydroxyl groups excluding tert-OH is 1. The molecular weight excluding hydrogens is 290 g/mol. The van der Waals surface area contributed by atoms with Gasteiger partial charge in [0.2, 0.25) is 0 Å². The zero-order valence-corrected chi connectivity index (χ0v) is 12.2. The van der Waals surface area contributed by atoms with Crippen LogP contribution in [0, 0.1) is 11.3 Å². The highest BCUT2D eigenvalue weighted by molar-refractivity contribution is 5.81. The predicted molar refractivity (Wildman–Crippen MR) is 87.7 cm³/mol. The van der Waals surface area contributed by atoms with Gasteiger partial charge >= 0.3 is 0 Å². The number of para-hydroxylation sites is 1. The number of aliphatic hydroxyl groups is 1. The fourth-order valence-corrected chi connectivity index (χ4v) is 2.34. The van der Waals surface area contributed by atoms with Crippen molar-refractivity contribution in [2.24, 2.45) is 0 Å². The minimum Gasteiger partial charge on any atom is -0.510 e. The highest BCUT2D eigenvalue weighted by atomic mass is 16.3. The third-order valence-electron chi connectivity index (χ3n) is 3.46. The van der Waals surface area contributed by atoms with Crippen molar-refractivity contribution in [2.75, 3.05) is 0 Å². The summed E-state index contributed by atoms with van der Waals surface area (Å²) in [6.07, 6.45) is 0.195. The van der Waals surface area contributed by atoms with Gasteiger partial charge in [-0.2, -0.15) is 5.26 Å². The Morgan fingerprint density at radius 1 is 1.13 bits per heavy atom. The van der Waals surface area contributed by atoms with E-state index in [-0.39, 0.29) is 29.1 Å². The van der Waals surface area contributed by atoms with Gasteiger partial charge in [-0.05, 0) is 17.7 Å². The van der Waals surface area contributed by atoms with E-state index in [1.54, 1.807) is 24.3 Å². The van der Waals surface area contributed by atoms with E-state index in [1.165, 1.54) is 0 Å². The molecule has 5 heteroatoms. The largest absolute Gasteiger partial charge is 0.510 e. The molecule has 23 heavy (non-hydrogen) atoms. The second-order valence-electron chi connectivity index (χ2n) is 5.03. The van der Waals surface area contributed by atoms with Gasteiger partial charge in [0.15, 0.2) is 5.82 Å². The normalized spacial score (nSPS) is 11.8. The summed E-state index contributed by atoms with van der Waals surface area (Å²) in [5.41, 5.74) is 0.968. The summed E-state index contributed by atoms with van der Waals surface area (Å²) in [6, 6.07) is 18.1. The van der Waals surface area contributed by atoms with E-state index in [1.807, 2.05) is 36.4 Å². The van der Waals surface area contributed by atoms with E-state index in [0.29, 0.717) is 10.9 Å². The lowest BCUT2D eigenvalue weighted by Gasteiger charge is -2.05. The van der Waals surface area contributed by atoms with Gasteiger partial charge in [0, 0.05) is 6.42 Å². The van der Waals surface area contributed by atoms with Crippen molar-refractivity contribution in [3.8, 4) is 6.07 Å². The summed E-state index contributed by atoms with van der Waals surface area (Å²) in [7, 11) is 0. The fraction of sp³-hybridized carbons (Fsp3) is 0.0556. The van der Waals surface area contributed by atoms with E-state index in [0.717, 1.165) is 5.56 Å². The van der Waals surface area contributed by atoms with Crippen LogP contribution in [0.25, 0.3) is 16.5 Å². The van der Waals surface area contributed by atoms with E-state index < -0.39 is 0 Å². The van der Waals surface area contributed by atoms with Crippen molar-refractivity contribution in [3.05, 3.63) is 82.1 Å². The molecule has 0 radical (unpaired) electrons. The number of aromatic nitrogens is 2. The van der Waals surface area contributed by atoms with Crippen LogP contribution < -0.4 is 5.56 Å². The second-order valence-corrected chi connectivity index (χ2v) is 5.03. The molecule has 0 saturated heterocycles. The lowest BCUT2D eigenvalue weighted by Crippen LogP contribution is -2.12. The fourth-order valence-electron chi connectivity index (χ4n) is 2.34. The monoisotopic (exact) mass is 303 g/mol. The quantitative estimate of drug-likeness (QED) is 0.575. The smallest absolute Gasteiger partial charge is 0.259 e. The molecule has 0 spiro atoms. The van der Waals surface area contributed by atoms with Crippen LogP contribution in [-0.4, -0.2) is 15.1 Å². The Labute approximate surface area is 132 Å².